The summed E-state index contributed by atoms with van der Waals surface area (Å²) in [5.41, 5.74) is 1.27. The molecule has 0 atom stereocenters. The third kappa shape index (κ3) is 3.48. The smallest absolute Gasteiger partial charge is 0.408 e. The molecule has 0 unspecified atom stereocenters. The molecule has 148 valence electrons. The first kappa shape index (κ1) is 18.8. The van der Waals surface area contributed by atoms with Crippen molar-refractivity contribution in [2.75, 3.05) is 18.4 Å². The molecule has 0 aliphatic carbocycles. The number of carbonyl (C=O) groups excluding carboxylic acids is 1. The number of oxazole rings is 1. The summed E-state index contributed by atoms with van der Waals surface area (Å²) in [5.74, 6) is -1.15. The largest absolute Gasteiger partial charge is 0.420 e. The number of nitrogens with zero attached hydrogens (tertiary/aromatic N) is 3. The molecule has 0 spiro atoms. The second-order valence-electron chi connectivity index (χ2n) is 6.54. The van der Waals surface area contributed by atoms with Crippen molar-refractivity contribution in [2.45, 2.75) is 31.2 Å². The van der Waals surface area contributed by atoms with Crippen LogP contribution in [0.5, 0.6) is 0 Å². The lowest BCUT2D eigenvalue weighted by molar-refractivity contribution is -0.116. The van der Waals surface area contributed by atoms with Crippen LogP contribution in [0.15, 0.2) is 37.7 Å². The highest BCUT2D eigenvalue weighted by molar-refractivity contribution is 7.89. The molecular weight excluding hydrogens is 404 g/mol. The Morgan fingerprint density at radius 2 is 2.07 bits per heavy atom. The van der Waals surface area contributed by atoms with Crippen molar-refractivity contribution in [2.24, 2.45) is 0 Å². The number of aromatic nitrogens is 2. The lowest BCUT2D eigenvalue weighted by Gasteiger charge is -2.15. The van der Waals surface area contributed by atoms with Gasteiger partial charge in [-0.25, -0.2) is 18.2 Å². The number of fused-ring (bicyclic) bond motifs is 1. The van der Waals surface area contributed by atoms with Crippen molar-refractivity contribution < 1.29 is 17.6 Å². The molecule has 1 amide bonds. The first-order valence-corrected chi connectivity index (χ1v) is 11.0. The fraction of sp³-hybridized carbons (Fsp3) is 0.353. The third-order valence-electron chi connectivity index (χ3n) is 4.51. The maximum atomic E-state index is 12.7. The quantitative estimate of drug-likeness (QED) is 0.670. The highest BCUT2D eigenvalue weighted by atomic mass is 32.2. The Balaban J connectivity index is 1.61. The molecule has 0 bridgehead atoms. The van der Waals surface area contributed by atoms with E-state index in [9.17, 15) is 18.0 Å². The molecule has 4 rings (SSSR count). The van der Waals surface area contributed by atoms with Crippen LogP contribution in [0.1, 0.15) is 18.5 Å². The number of anilines is 1. The molecule has 2 aromatic heterocycles. The summed E-state index contributed by atoms with van der Waals surface area (Å²) in [4.78, 5) is 28.6. The molecular formula is C17H18N4O5S2. The van der Waals surface area contributed by atoms with Gasteiger partial charge in [-0.15, -0.1) is 11.3 Å². The third-order valence-corrected chi connectivity index (χ3v) is 7.28. The van der Waals surface area contributed by atoms with E-state index in [1.807, 2.05) is 6.92 Å². The summed E-state index contributed by atoms with van der Waals surface area (Å²) < 4.78 is 33.1. The molecule has 0 radical (unpaired) electrons. The van der Waals surface area contributed by atoms with Gasteiger partial charge in [-0.1, -0.05) is 0 Å². The van der Waals surface area contributed by atoms with Crippen LogP contribution in [0.25, 0.3) is 11.1 Å². The maximum absolute atomic E-state index is 12.7. The number of nitrogens with one attached hydrogen (secondary N) is 1. The van der Waals surface area contributed by atoms with Gasteiger partial charge in [-0.2, -0.15) is 4.31 Å². The zero-order chi connectivity index (χ0) is 19.9. The molecule has 1 aliphatic rings. The van der Waals surface area contributed by atoms with E-state index >= 15 is 0 Å². The Bertz CT molecular complexity index is 1200. The van der Waals surface area contributed by atoms with Crippen molar-refractivity contribution in [1.82, 2.24) is 13.9 Å². The Morgan fingerprint density at radius 3 is 2.75 bits per heavy atom. The summed E-state index contributed by atoms with van der Waals surface area (Å²) in [7, 11) is -3.62. The van der Waals surface area contributed by atoms with Gasteiger partial charge in [0.15, 0.2) is 10.7 Å². The number of sulfonamides is 1. The average Bonchev–Trinajstić information content (AvgIpc) is 3.37. The van der Waals surface area contributed by atoms with Crippen LogP contribution in [-0.2, 0) is 21.4 Å². The molecule has 1 saturated heterocycles. The summed E-state index contributed by atoms with van der Waals surface area (Å²) in [6.45, 7) is 2.53. The van der Waals surface area contributed by atoms with Crippen molar-refractivity contribution in [1.29, 1.82) is 0 Å². The molecule has 1 aromatic carbocycles. The lowest BCUT2D eigenvalue weighted by Crippen LogP contribution is -2.27. The number of rotatable bonds is 5. The SMILES string of the molecule is Cc1csc(NC(=O)Cn2c(=O)oc3cc(S(=O)(=O)N4CCCC4)ccc32)n1. The highest BCUT2D eigenvalue weighted by Gasteiger charge is 2.28. The van der Waals surface area contributed by atoms with E-state index in [1.165, 1.54) is 33.8 Å². The topological polar surface area (TPSA) is 115 Å². The Kier molecular flexibility index (Phi) is 4.81. The second-order valence-corrected chi connectivity index (χ2v) is 9.33. The monoisotopic (exact) mass is 422 g/mol. The minimum atomic E-state index is -3.62. The van der Waals surface area contributed by atoms with E-state index in [-0.39, 0.29) is 17.0 Å². The van der Waals surface area contributed by atoms with E-state index in [4.69, 9.17) is 4.42 Å². The number of hydrogen-bond acceptors (Lipinski definition) is 7. The van der Waals surface area contributed by atoms with E-state index in [1.54, 1.807) is 5.38 Å². The standard InChI is InChI=1S/C17H18N4O5S2/c1-11-10-27-16(18-11)19-15(22)9-21-13-5-4-12(8-14(13)26-17(21)23)28(24,25)20-6-2-3-7-20/h4-5,8,10H,2-3,6-7,9H2,1H3,(H,18,19,22). The molecule has 0 saturated carbocycles. The minimum Gasteiger partial charge on any atom is -0.408 e. The van der Waals surface area contributed by atoms with Crippen LogP contribution in [0.4, 0.5) is 5.13 Å². The first-order valence-electron chi connectivity index (χ1n) is 8.70. The highest BCUT2D eigenvalue weighted by Crippen LogP contribution is 2.24. The second kappa shape index (κ2) is 7.15. The van der Waals surface area contributed by atoms with Crippen LogP contribution < -0.4 is 11.1 Å². The molecule has 3 heterocycles. The number of hydrogen-bond donors (Lipinski definition) is 1. The fourth-order valence-electron chi connectivity index (χ4n) is 3.15. The zero-order valence-corrected chi connectivity index (χ0v) is 16.7. The molecule has 1 aliphatic heterocycles. The number of thiazole rings is 1. The summed E-state index contributed by atoms with van der Waals surface area (Å²) in [5, 5.41) is 4.88. The van der Waals surface area contributed by atoms with Crippen LogP contribution in [0.3, 0.4) is 0 Å². The van der Waals surface area contributed by atoms with Gasteiger partial charge >= 0.3 is 5.76 Å². The van der Waals surface area contributed by atoms with E-state index in [0.717, 1.165) is 23.1 Å². The first-order chi connectivity index (χ1) is 13.3. The average molecular weight is 422 g/mol. The number of benzene rings is 1. The summed E-state index contributed by atoms with van der Waals surface area (Å²) in [6.07, 6.45) is 1.67. The summed E-state index contributed by atoms with van der Waals surface area (Å²) >= 11 is 1.29. The van der Waals surface area contributed by atoms with Crippen molar-refractivity contribution in [3.8, 4) is 0 Å². The number of aryl methyl sites for hydroxylation is 1. The Hall–Kier alpha value is -2.50. The van der Waals surface area contributed by atoms with Crippen LogP contribution in [0, 0.1) is 6.92 Å². The van der Waals surface area contributed by atoms with Gasteiger partial charge in [0.05, 0.1) is 16.1 Å². The minimum absolute atomic E-state index is 0.0745. The van der Waals surface area contributed by atoms with Crippen LogP contribution in [0.2, 0.25) is 0 Å². The molecule has 9 nitrogen and oxygen atoms in total. The van der Waals surface area contributed by atoms with Gasteiger partial charge in [0, 0.05) is 24.5 Å². The fourth-order valence-corrected chi connectivity index (χ4v) is 5.39. The van der Waals surface area contributed by atoms with Crippen molar-refractivity contribution >= 4 is 43.5 Å². The predicted octanol–water partition coefficient (Wildman–Crippen LogP) is 1.78. The normalized spacial score (nSPS) is 15.3. The Labute approximate surface area is 164 Å². The Morgan fingerprint density at radius 1 is 1.32 bits per heavy atom. The van der Waals surface area contributed by atoms with Gasteiger partial charge < -0.3 is 9.73 Å². The maximum Gasteiger partial charge on any atom is 0.420 e. The van der Waals surface area contributed by atoms with Gasteiger partial charge in [0.25, 0.3) is 0 Å². The predicted molar refractivity (Wildman–Crippen MR) is 104 cm³/mol. The van der Waals surface area contributed by atoms with E-state index < -0.39 is 21.7 Å². The molecule has 1 N–H and O–H groups in total. The molecule has 11 heteroatoms. The van der Waals surface area contributed by atoms with Crippen molar-refractivity contribution in [3.05, 3.63) is 39.8 Å². The van der Waals surface area contributed by atoms with Crippen LogP contribution >= 0.6 is 11.3 Å². The zero-order valence-electron chi connectivity index (χ0n) is 15.0. The van der Waals surface area contributed by atoms with E-state index in [2.05, 4.69) is 10.3 Å². The summed E-state index contributed by atoms with van der Waals surface area (Å²) in [6, 6.07) is 4.26. The van der Waals surface area contributed by atoms with Gasteiger partial charge in [0.2, 0.25) is 15.9 Å². The van der Waals surface area contributed by atoms with Gasteiger partial charge in [-0.05, 0) is 31.9 Å². The van der Waals surface area contributed by atoms with Crippen molar-refractivity contribution in [3.63, 3.8) is 0 Å². The van der Waals surface area contributed by atoms with Crippen LogP contribution in [-0.4, -0.2) is 41.3 Å². The molecule has 3 aromatic rings. The van der Waals surface area contributed by atoms with Gasteiger partial charge in [0.1, 0.15) is 6.54 Å². The van der Waals surface area contributed by atoms with E-state index in [0.29, 0.717) is 23.7 Å². The lowest BCUT2D eigenvalue weighted by atomic mass is 10.3. The number of amides is 1. The molecule has 28 heavy (non-hydrogen) atoms. The number of carbonyl (C=O) groups is 1. The molecule has 1 fully saturated rings. The van der Waals surface area contributed by atoms with Gasteiger partial charge in [-0.3, -0.25) is 9.36 Å².